The molecule has 0 aliphatic rings. The fourth-order valence-electron chi connectivity index (χ4n) is 1.43. The fourth-order valence-corrected chi connectivity index (χ4v) is 3.00. The topological polar surface area (TPSA) is 55.1 Å². The summed E-state index contributed by atoms with van der Waals surface area (Å²) in [5, 5.41) is 5.27. The molecule has 0 fully saturated rings. The summed E-state index contributed by atoms with van der Waals surface area (Å²) >= 11 is 10.8. The van der Waals surface area contributed by atoms with Crippen molar-refractivity contribution in [2.24, 2.45) is 0 Å². The van der Waals surface area contributed by atoms with Crippen LogP contribution in [0, 0.1) is 0 Å². The Labute approximate surface area is 122 Å². The maximum Gasteiger partial charge on any atom is 0.253 e. The molecule has 0 aliphatic carbocycles. The predicted octanol–water partition coefficient (Wildman–Crippen LogP) is 3.68. The third-order valence-corrected chi connectivity index (χ3v) is 4.24. The minimum Gasteiger partial charge on any atom is -0.398 e. The highest BCUT2D eigenvalue weighted by Gasteiger charge is 2.10. The van der Waals surface area contributed by atoms with E-state index in [1.165, 1.54) is 0 Å². The Morgan fingerprint density at radius 2 is 2.22 bits per heavy atom. The van der Waals surface area contributed by atoms with Crippen molar-refractivity contribution in [3.8, 4) is 0 Å². The van der Waals surface area contributed by atoms with Gasteiger partial charge in [0.2, 0.25) is 0 Å². The van der Waals surface area contributed by atoms with Crippen LogP contribution >= 0.6 is 38.9 Å². The number of anilines is 1. The Hall–Kier alpha value is -1.04. The van der Waals surface area contributed by atoms with Gasteiger partial charge in [0.15, 0.2) is 0 Å². The predicted molar refractivity (Wildman–Crippen MR) is 79.1 cm³/mol. The molecule has 1 amide bonds. The van der Waals surface area contributed by atoms with E-state index >= 15 is 0 Å². The molecule has 94 valence electrons. The largest absolute Gasteiger partial charge is 0.398 e. The number of hydrogen-bond acceptors (Lipinski definition) is 3. The number of rotatable bonds is 3. The summed E-state index contributed by atoms with van der Waals surface area (Å²) in [6.45, 7) is 0.473. The molecule has 1 aromatic carbocycles. The van der Waals surface area contributed by atoms with Crippen molar-refractivity contribution in [2.75, 3.05) is 5.73 Å². The van der Waals surface area contributed by atoms with Crippen molar-refractivity contribution in [2.45, 2.75) is 6.54 Å². The van der Waals surface area contributed by atoms with Gasteiger partial charge < -0.3 is 11.1 Å². The molecule has 0 atom stereocenters. The van der Waals surface area contributed by atoms with Gasteiger partial charge in [-0.2, -0.15) is 0 Å². The quantitative estimate of drug-likeness (QED) is 0.834. The summed E-state index contributed by atoms with van der Waals surface area (Å²) in [4.78, 5) is 13.0. The average Bonchev–Trinajstić information content (AvgIpc) is 2.75. The summed E-state index contributed by atoms with van der Waals surface area (Å²) < 4.78 is 1.01. The summed E-state index contributed by atoms with van der Waals surface area (Å²) in [6.07, 6.45) is 0. The molecule has 1 aromatic heterocycles. The number of benzene rings is 1. The second-order valence-corrected chi connectivity index (χ2v) is 5.99. The van der Waals surface area contributed by atoms with Gasteiger partial charge in [-0.05, 0) is 40.2 Å². The summed E-state index contributed by atoms with van der Waals surface area (Å²) in [7, 11) is 0. The van der Waals surface area contributed by atoms with E-state index in [9.17, 15) is 4.79 Å². The molecule has 1 heterocycles. The van der Waals surface area contributed by atoms with E-state index in [0.29, 0.717) is 22.8 Å². The lowest BCUT2D eigenvalue weighted by molar-refractivity contribution is 0.0952. The molecule has 0 radical (unpaired) electrons. The van der Waals surface area contributed by atoms with Crippen LogP contribution in [0.4, 0.5) is 5.69 Å². The number of amides is 1. The molecule has 3 N–H and O–H groups in total. The molecule has 6 heteroatoms. The highest BCUT2D eigenvalue weighted by molar-refractivity contribution is 9.10. The molecule has 0 saturated heterocycles. The molecule has 0 aliphatic heterocycles. The lowest BCUT2D eigenvalue weighted by Crippen LogP contribution is -2.23. The number of carbonyl (C=O) groups is 1. The standard InChI is InChI=1S/C12H10BrClN2OS/c13-7-3-9(18-6-7)5-16-12(17)10-4-8(14)1-2-11(10)15/h1-4,6H,5,15H2,(H,16,17). The van der Waals surface area contributed by atoms with E-state index in [1.807, 2.05) is 11.4 Å². The number of nitrogens with two attached hydrogens (primary N) is 1. The highest BCUT2D eigenvalue weighted by atomic mass is 79.9. The van der Waals surface area contributed by atoms with Gasteiger partial charge in [-0.15, -0.1) is 11.3 Å². The molecule has 0 bridgehead atoms. The van der Waals surface area contributed by atoms with Crippen molar-refractivity contribution >= 4 is 50.5 Å². The zero-order valence-corrected chi connectivity index (χ0v) is 12.4. The first kappa shape index (κ1) is 13.4. The van der Waals surface area contributed by atoms with Gasteiger partial charge >= 0.3 is 0 Å². The Balaban J connectivity index is 2.05. The van der Waals surface area contributed by atoms with Gasteiger partial charge in [-0.3, -0.25) is 4.79 Å². The van der Waals surface area contributed by atoms with Gasteiger partial charge in [-0.25, -0.2) is 0 Å². The summed E-state index contributed by atoms with van der Waals surface area (Å²) in [6, 6.07) is 6.81. The van der Waals surface area contributed by atoms with Crippen molar-refractivity contribution < 1.29 is 4.79 Å². The summed E-state index contributed by atoms with van der Waals surface area (Å²) in [5.74, 6) is -0.223. The Bertz CT molecular complexity index is 585. The van der Waals surface area contributed by atoms with Crippen molar-refractivity contribution in [1.82, 2.24) is 5.32 Å². The number of halogens is 2. The number of hydrogen-bond donors (Lipinski definition) is 2. The minimum atomic E-state index is -0.223. The second-order valence-electron chi connectivity index (χ2n) is 3.65. The van der Waals surface area contributed by atoms with Gasteiger partial charge in [0.1, 0.15) is 0 Å². The molecule has 2 rings (SSSR count). The molecule has 0 saturated carbocycles. The minimum absolute atomic E-state index is 0.223. The smallest absolute Gasteiger partial charge is 0.253 e. The maximum atomic E-state index is 11.9. The number of carbonyl (C=O) groups excluding carboxylic acids is 1. The van der Waals surface area contributed by atoms with Gasteiger partial charge in [0, 0.05) is 25.4 Å². The fraction of sp³-hybridized carbons (Fsp3) is 0.0833. The molecule has 0 unspecified atom stereocenters. The first-order valence-corrected chi connectivity index (χ1v) is 7.17. The Morgan fingerprint density at radius 3 is 2.89 bits per heavy atom. The van der Waals surface area contributed by atoms with Gasteiger partial charge in [0.25, 0.3) is 5.91 Å². The molecule has 0 spiro atoms. The zero-order valence-electron chi connectivity index (χ0n) is 9.24. The van der Waals surface area contributed by atoms with E-state index in [0.717, 1.165) is 9.35 Å². The number of nitrogens with one attached hydrogen (secondary N) is 1. The zero-order chi connectivity index (χ0) is 13.1. The van der Waals surface area contributed by atoms with E-state index in [4.69, 9.17) is 17.3 Å². The molecule has 3 nitrogen and oxygen atoms in total. The monoisotopic (exact) mass is 344 g/mol. The lowest BCUT2D eigenvalue weighted by atomic mass is 10.1. The molecular formula is C12H10BrClN2OS. The van der Waals surface area contributed by atoms with Crippen LogP contribution in [0.15, 0.2) is 34.1 Å². The van der Waals surface area contributed by atoms with Crippen LogP contribution in [0.2, 0.25) is 5.02 Å². The van der Waals surface area contributed by atoms with E-state index in [2.05, 4.69) is 21.2 Å². The third-order valence-electron chi connectivity index (χ3n) is 2.30. The van der Waals surface area contributed by atoms with Crippen LogP contribution in [0.25, 0.3) is 0 Å². The third kappa shape index (κ3) is 3.25. The van der Waals surface area contributed by atoms with Crippen LogP contribution in [0.5, 0.6) is 0 Å². The van der Waals surface area contributed by atoms with Crippen molar-refractivity contribution in [3.63, 3.8) is 0 Å². The first-order valence-electron chi connectivity index (χ1n) is 5.12. The average molecular weight is 346 g/mol. The van der Waals surface area contributed by atoms with Crippen LogP contribution < -0.4 is 11.1 Å². The van der Waals surface area contributed by atoms with E-state index in [1.54, 1.807) is 29.5 Å². The van der Waals surface area contributed by atoms with Crippen LogP contribution in [-0.4, -0.2) is 5.91 Å². The normalized spacial score (nSPS) is 10.3. The van der Waals surface area contributed by atoms with Crippen LogP contribution in [0.1, 0.15) is 15.2 Å². The molecule has 2 aromatic rings. The molecular weight excluding hydrogens is 336 g/mol. The number of thiophene rings is 1. The summed E-state index contributed by atoms with van der Waals surface area (Å²) in [5.41, 5.74) is 6.56. The SMILES string of the molecule is Nc1ccc(Cl)cc1C(=O)NCc1cc(Br)cs1. The number of nitrogen functional groups attached to an aromatic ring is 1. The van der Waals surface area contributed by atoms with Crippen molar-refractivity contribution in [3.05, 3.63) is 49.6 Å². The second kappa shape index (κ2) is 5.73. The van der Waals surface area contributed by atoms with Crippen LogP contribution in [0.3, 0.4) is 0 Å². The molecule has 18 heavy (non-hydrogen) atoms. The van der Waals surface area contributed by atoms with Crippen LogP contribution in [-0.2, 0) is 6.54 Å². The Kier molecular flexibility index (Phi) is 4.27. The van der Waals surface area contributed by atoms with Gasteiger partial charge in [-0.1, -0.05) is 11.6 Å². The van der Waals surface area contributed by atoms with Crippen molar-refractivity contribution in [1.29, 1.82) is 0 Å². The maximum absolute atomic E-state index is 11.9. The lowest BCUT2D eigenvalue weighted by Gasteiger charge is -2.06. The Morgan fingerprint density at radius 1 is 1.44 bits per heavy atom. The highest BCUT2D eigenvalue weighted by Crippen LogP contribution is 2.20. The first-order chi connectivity index (χ1) is 8.56. The van der Waals surface area contributed by atoms with E-state index < -0.39 is 0 Å². The van der Waals surface area contributed by atoms with E-state index in [-0.39, 0.29) is 5.91 Å². The van der Waals surface area contributed by atoms with Gasteiger partial charge in [0.05, 0.1) is 12.1 Å².